The van der Waals surface area contributed by atoms with Gasteiger partial charge in [0.05, 0.1) is 11.1 Å². The van der Waals surface area contributed by atoms with E-state index in [-0.39, 0.29) is 16.7 Å². The van der Waals surface area contributed by atoms with E-state index in [1.165, 1.54) is 0 Å². The lowest BCUT2D eigenvalue weighted by Gasteiger charge is -2.18. The molecule has 0 saturated heterocycles. The Bertz CT molecular complexity index is 1300. The lowest BCUT2D eigenvalue weighted by atomic mass is 9.90. The fourth-order valence-corrected chi connectivity index (χ4v) is 3.02. The summed E-state index contributed by atoms with van der Waals surface area (Å²) in [6, 6.07) is 14.6. The van der Waals surface area contributed by atoms with E-state index in [0.29, 0.717) is 5.56 Å². The van der Waals surface area contributed by atoms with Crippen molar-refractivity contribution in [1.82, 2.24) is 0 Å². The molecular weight excluding hydrogens is 466 g/mol. The van der Waals surface area contributed by atoms with Crippen LogP contribution >= 0.6 is 0 Å². The number of hydrogen-bond acceptors (Lipinski definition) is 1. The molecule has 1 N–H and O–H groups in total. The van der Waals surface area contributed by atoms with Crippen LogP contribution in [0.15, 0.2) is 72.8 Å². The predicted octanol–water partition coefficient (Wildman–Crippen LogP) is 6.39. The Morgan fingerprint density at radius 1 is 0.600 bits per heavy atom. The van der Waals surface area contributed by atoms with E-state index in [1.54, 1.807) is 31.2 Å². The first-order valence-electron chi connectivity index (χ1n) is 10.1. The Morgan fingerprint density at radius 3 is 1.43 bits per heavy atom. The van der Waals surface area contributed by atoms with Crippen molar-refractivity contribution >= 4 is 0 Å². The number of alkyl halides is 6. The Morgan fingerprint density at radius 2 is 1.03 bits per heavy atom. The van der Waals surface area contributed by atoms with E-state index in [2.05, 4.69) is 35.5 Å². The van der Waals surface area contributed by atoms with Crippen molar-refractivity contribution in [2.45, 2.75) is 24.9 Å². The third kappa shape index (κ3) is 6.48. The molecule has 1 nitrogen and oxygen atoms in total. The maximum absolute atomic E-state index is 12.8. The Labute approximate surface area is 198 Å². The molecular formula is C28H16F6O. The molecule has 0 unspecified atom stereocenters. The van der Waals surface area contributed by atoms with Crippen molar-refractivity contribution in [3.63, 3.8) is 0 Å². The minimum atomic E-state index is -4.50. The highest BCUT2D eigenvalue weighted by molar-refractivity contribution is 5.55. The molecule has 3 aromatic carbocycles. The Hall–Kier alpha value is -4.12. The van der Waals surface area contributed by atoms with Crippen LogP contribution in [-0.4, -0.2) is 5.11 Å². The van der Waals surface area contributed by atoms with Gasteiger partial charge >= 0.3 is 12.4 Å². The van der Waals surface area contributed by atoms with Crippen LogP contribution in [0.5, 0.6) is 0 Å². The van der Waals surface area contributed by atoms with Gasteiger partial charge in [0, 0.05) is 22.3 Å². The van der Waals surface area contributed by atoms with Crippen molar-refractivity contribution in [3.8, 4) is 35.5 Å². The minimum absolute atomic E-state index is 0.201. The summed E-state index contributed by atoms with van der Waals surface area (Å²) in [5.74, 6) is 16.0. The van der Waals surface area contributed by atoms with E-state index in [0.717, 1.165) is 48.5 Å². The van der Waals surface area contributed by atoms with Crippen LogP contribution in [0.3, 0.4) is 0 Å². The molecule has 0 aliphatic heterocycles. The highest BCUT2D eigenvalue weighted by atomic mass is 19.4. The molecule has 0 saturated carbocycles. The Kier molecular flexibility index (Phi) is 7.30. The summed E-state index contributed by atoms with van der Waals surface area (Å²) in [6.07, 6.45) is -9.00. The van der Waals surface area contributed by atoms with E-state index in [4.69, 9.17) is 0 Å². The second-order valence-electron chi connectivity index (χ2n) is 7.28. The van der Waals surface area contributed by atoms with Gasteiger partial charge in [0.1, 0.15) is 0 Å². The lowest BCUT2D eigenvalue weighted by Crippen LogP contribution is -2.23. The highest BCUT2D eigenvalue weighted by Gasteiger charge is 2.31. The summed E-state index contributed by atoms with van der Waals surface area (Å²) < 4.78 is 76.9. The van der Waals surface area contributed by atoms with Crippen LogP contribution in [-0.2, 0) is 18.0 Å². The number of rotatable bonds is 1. The molecule has 176 valence electrons. The summed E-state index contributed by atoms with van der Waals surface area (Å²) in [4.78, 5) is 0. The van der Waals surface area contributed by atoms with Crippen LogP contribution in [0.25, 0.3) is 0 Å². The molecule has 3 rings (SSSR count). The summed E-state index contributed by atoms with van der Waals surface area (Å²) in [5, 5.41) is 11.4. The molecule has 3 aromatic rings. The lowest BCUT2D eigenvalue weighted by molar-refractivity contribution is -0.138. The van der Waals surface area contributed by atoms with E-state index in [9.17, 15) is 31.4 Å². The van der Waals surface area contributed by atoms with Crippen LogP contribution in [0.2, 0.25) is 0 Å². The second kappa shape index (κ2) is 10.0. The molecule has 0 amide bonds. The van der Waals surface area contributed by atoms with Gasteiger partial charge in [0.25, 0.3) is 0 Å². The first kappa shape index (κ1) is 25.5. The van der Waals surface area contributed by atoms with Crippen molar-refractivity contribution < 1.29 is 31.4 Å². The SMILES string of the molecule is CC#Cc1ccccc1C(O)(C#Cc1ccc(C(F)(F)F)cc1)C#Cc1ccc(C(F)(F)F)cc1. The van der Waals surface area contributed by atoms with Crippen LogP contribution in [0.1, 0.15) is 40.3 Å². The van der Waals surface area contributed by atoms with Gasteiger partial charge < -0.3 is 5.11 Å². The number of aliphatic hydroxyl groups is 1. The van der Waals surface area contributed by atoms with Gasteiger partial charge in [-0.3, -0.25) is 0 Å². The highest BCUT2D eigenvalue weighted by Crippen LogP contribution is 2.30. The number of benzene rings is 3. The molecule has 0 aliphatic carbocycles. The maximum atomic E-state index is 12.8. The third-order valence-corrected chi connectivity index (χ3v) is 4.78. The average Bonchev–Trinajstić information content (AvgIpc) is 2.81. The van der Waals surface area contributed by atoms with Gasteiger partial charge in [0.15, 0.2) is 0 Å². The van der Waals surface area contributed by atoms with Gasteiger partial charge in [0.2, 0.25) is 5.60 Å². The molecule has 7 heteroatoms. The topological polar surface area (TPSA) is 20.2 Å². The summed E-state index contributed by atoms with van der Waals surface area (Å²) in [7, 11) is 0. The molecule has 0 aromatic heterocycles. The summed E-state index contributed by atoms with van der Waals surface area (Å²) in [5.41, 5.74) is -2.76. The maximum Gasteiger partial charge on any atom is 0.416 e. The van der Waals surface area contributed by atoms with E-state index in [1.807, 2.05) is 0 Å². The van der Waals surface area contributed by atoms with E-state index < -0.39 is 29.1 Å². The predicted molar refractivity (Wildman–Crippen MR) is 120 cm³/mol. The molecule has 0 heterocycles. The normalized spacial score (nSPS) is 11.3. The van der Waals surface area contributed by atoms with Crippen LogP contribution in [0, 0.1) is 35.5 Å². The molecule has 35 heavy (non-hydrogen) atoms. The molecule has 0 radical (unpaired) electrons. The molecule has 0 bridgehead atoms. The number of hydrogen-bond donors (Lipinski definition) is 1. The van der Waals surface area contributed by atoms with Crippen LogP contribution in [0.4, 0.5) is 26.3 Å². The molecule has 0 spiro atoms. The average molecular weight is 482 g/mol. The third-order valence-electron chi connectivity index (χ3n) is 4.78. The molecule has 0 atom stereocenters. The summed E-state index contributed by atoms with van der Waals surface area (Å²) in [6.45, 7) is 1.59. The minimum Gasteiger partial charge on any atom is -0.363 e. The van der Waals surface area contributed by atoms with Gasteiger partial charge in [-0.05, 0) is 73.4 Å². The first-order chi connectivity index (χ1) is 16.4. The van der Waals surface area contributed by atoms with Crippen molar-refractivity contribution in [1.29, 1.82) is 0 Å². The van der Waals surface area contributed by atoms with Crippen molar-refractivity contribution in [2.24, 2.45) is 0 Å². The zero-order valence-electron chi connectivity index (χ0n) is 18.1. The fourth-order valence-electron chi connectivity index (χ4n) is 3.02. The van der Waals surface area contributed by atoms with Gasteiger partial charge in [-0.2, -0.15) is 26.3 Å². The fraction of sp³-hybridized carbons (Fsp3) is 0.143. The van der Waals surface area contributed by atoms with Gasteiger partial charge in [-0.1, -0.05) is 36.0 Å². The second-order valence-corrected chi connectivity index (χ2v) is 7.28. The van der Waals surface area contributed by atoms with Gasteiger partial charge in [-0.15, -0.1) is 5.92 Å². The smallest absolute Gasteiger partial charge is 0.363 e. The summed E-state index contributed by atoms with van der Waals surface area (Å²) >= 11 is 0. The number of halogens is 6. The molecule has 0 fully saturated rings. The first-order valence-corrected chi connectivity index (χ1v) is 10.1. The zero-order chi connectivity index (χ0) is 25.7. The largest absolute Gasteiger partial charge is 0.416 e. The van der Waals surface area contributed by atoms with Crippen LogP contribution < -0.4 is 0 Å². The monoisotopic (exact) mass is 482 g/mol. The quantitative estimate of drug-likeness (QED) is 0.315. The zero-order valence-corrected chi connectivity index (χ0v) is 18.1. The van der Waals surface area contributed by atoms with E-state index >= 15 is 0 Å². The van der Waals surface area contributed by atoms with Crippen molar-refractivity contribution in [2.75, 3.05) is 0 Å². The Balaban J connectivity index is 2.08. The standard InChI is InChI=1S/C28H16F6O/c1-2-5-22-6-3-4-7-25(22)26(35,18-16-20-8-12-23(13-9-20)27(29,30)31)19-17-21-10-14-24(15-11-21)28(32,33)34/h3-4,6-15,35H,1H3. The molecule has 0 aliphatic rings. The van der Waals surface area contributed by atoms with Gasteiger partial charge in [-0.25, -0.2) is 0 Å². The van der Waals surface area contributed by atoms with Crippen molar-refractivity contribution in [3.05, 3.63) is 106 Å².